The van der Waals surface area contributed by atoms with Crippen LogP contribution in [0.15, 0.2) is 73.3 Å². The van der Waals surface area contributed by atoms with E-state index in [0.717, 1.165) is 0 Å². The van der Waals surface area contributed by atoms with Gasteiger partial charge in [-0.15, -0.1) is 0 Å². The number of nitrogens with zero attached hydrogens (tertiary/aromatic N) is 4. The molecular weight excluding hydrogens is 359 g/mol. The lowest BCUT2D eigenvalue weighted by Gasteiger charge is -2.17. The number of benzene rings is 1. The predicted octanol–water partition coefficient (Wildman–Crippen LogP) is 3.38. The fourth-order valence-electron chi connectivity index (χ4n) is 2.91. The van der Waals surface area contributed by atoms with Gasteiger partial charge in [-0.1, -0.05) is 12.1 Å². The Hall–Kier alpha value is -3.87. The minimum atomic E-state index is -0.459. The molecule has 0 fully saturated rings. The van der Waals surface area contributed by atoms with E-state index >= 15 is 0 Å². The van der Waals surface area contributed by atoms with Crippen LogP contribution < -0.4 is 4.90 Å². The highest BCUT2D eigenvalue weighted by Crippen LogP contribution is 2.17. The van der Waals surface area contributed by atoms with Crippen molar-refractivity contribution >= 4 is 23.0 Å². The molecular formula is C21H15FN4O2. The number of rotatable bonds is 4. The second kappa shape index (κ2) is 7.03. The normalized spacial score (nSPS) is 10.8. The molecule has 138 valence electrons. The number of aromatic nitrogens is 3. The van der Waals surface area contributed by atoms with Gasteiger partial charge in [-0.25, -0.2) is 9.37 Å². The highest BCUT2D eigenvalue weighted by molar-refractivity contribution is 6.10. The second-order valence-electron chi connectivity index (χ2n) is 6.20. The highest BCUT2D eigenvalue weighted by Gasteiger charge is 2.17. The van der Waals surface area contributed by atoms with Gasteiger partial charge in [0.1, 0.15) is 17.2 Å². The molecule has 0 aliphatic heterocycles. The van der Waals surface area contributed by atoms with Gasteiger partial charge < -0.3 is 4.90 Å². The molecule has 0 unspecified atom stereocenters. The van der Waals surface area contributed by atoms with E-state index in [9.17, 15) is 14.0 Å². The van der Waals surface area contributed by atoms with Crippen LogP contribution in [0.1, 0.15) is 26.4 Å². The van der Waals surface area contributed by atoms with Crippen molar-refractivity contribution < 1.29 is 14.0 Å². The lowest BCUT2D eigenvalue weighted by molar-refractivity contribution is 0.0990. The third-order valence-corrected chi connectivity index (χ3v) is 4.45. The van der Waals surface area contributed by atoms with E-state index in [-0.39, 0.29) is 17.4 Å². The molecule has 0 spiro atoms. The van der Waals surface area contributed by atoms with Crippen LogP contribution in [0.25, 0.3) is 5.65 Å². The van der Waals surface area contributed by atoms with Crippen LogP contribution in [0, 0.1) is 5.82 Å². The summed E-state index contributed by atoms with van der Waals surface area (Å²) in [6.07, 6.45) is 5.85. The van der Waals surface area contributed by atoms with E-state index < -0.39 is 5.82 Å². The van der Waals surface area contributed by atoms with Crippen molar-refractivity contribution in [3.8, 4) is 0 Å². The minimum Gasteiger partial charge on any atom is -0.311 e. The zero-order valence-electron chi connectivity index (χ0n) is 14.9. The third-order valence-electron chi connectivity index (χ3n) is 4.45. The minimum absolute atomic E-state index is 0.206. The first kappa shape index (κ1) is 17.5. The monoisotopic (exact) mass is 374 g/mol. The van der Waals surface area contributed by atoms with E-state index in [0.29, 0.717) is 22.5 Å². The molecule has 4 aromatic rings. The summed E-state index contributed by atoms with van der Waals surface area (Å²) in [4.78, 5) is 35.0. The van der Waals surface area contributed by atoms with Gasteiger partial charge in [-0.3, -0.25) is 19.0 Å². The molecule has 1 amide bonds. The van der Waals surface area contributed by atoms with Crippen LogP contribution in [0.5, 0.6) is 0 Å². The van der Waals surface area contributed by atoms with Gasteiger partial charge in [-0.2, -0.15) is 0 Å². The summed E-state index contributed by atoms with van der Waals surface area (Å²) in [5, 5.41) is 0. The van der Waals surface area contributed by atoms with E-state index in [1.54, 1.807) is 55.8 Å². The lowest BCUT2D eigenvalue weighted by atomic mass is 10.1. The second-order valence-corrected chi connectivity index (χ2v) is 6.20. The summed E-state index contributed by atoms with van der Waals surface area (Å²) >= 11 is 0. The maximum absolute atomic E-state index is 13.5. The van der Waals surface area contributed by atoms with Crippen molar-refractivity contribution in [1.29, 1.82) is 0 Å². The number of carbonyl (C=O) groups excluding carboxylic acids is 2. The molecule has 28 heavy (non-hydrogen) atoms. The molecule has 4 rings (SSSR count). The Morgan fingerprint density at radius 1 is 0.964 bits per heavy atom. The average Bonchev–Trinajstić information content (AvgIpc) is 3.16. The average molecular weight is 374 g/mol. The molecule has 0 aliphatic carbocycles. The van der Waals surface area contributed by atoms with Crippen molar-refractivity contribution in [2.45, 2.75) is 0 Å². The van der Waals surface area contributed by atoms with Gasteiger partial charge in [0.2, 0.25) is 5.78 Å². The summed E-state index contributed by atoms with van der Waals surface area (Å²) < 4.78 is 14.9. The van der Waals surface area contributed by atoms with Crippen LogP contribution in [0.4, 0.5) is 10.1 Å². The summed E-state index contributed by atoms with van der Waals surface area (Å²) in [6.45, 7) is 0. The summed E-state index contributed by atoms with van der Waals surface area (Å²) in [6, 6.07) is 12.6. The molecule has 0 atom stereocenters. The third kappa shape index (κ3) is 3.14. The largest absolute Gasteiger partial charge is 0.311 e. The Kier molecular flexibility index (Phi) is 4.41. The molecule has 0 N–H and O–H groups in total. The topological polar surface area (TPSA) is 67.6 Å². The molecule has 1 aromatic carbocycles. The Balaban J connectivity index is 1.60. The molecule has 3 heterocycles. The number of pyridine rings is 2. The van der Waals surface area contributed by atoms with Crippen molar-refractivity contribution in [2.24, 2.45) is 0 Å². The number of carbonyl (C=O) groups is 2. The smallest absolute Gasteiger partial charge is 0.258 e. The number of fused-ring (bicyclic) bond motifs is 1. The van der Waals surface area contributed by atoms with E-state index in [2.05, 4.69) is 9.97 Å². The van der Waals surface area contributed by atoms with Crippen molar-refractivity contribution in [3.05, 3.63) is 96.0 Å². The molecule has 0 aliphatic rings. The van der Waals surface area contributed by atoms with Crippen molar-refractivity contribution in [1.82, 2.24) is 14.4 Å². The molecule has 7 heteroatoms. The number of hydrogen-bond acceptors (Lipinski definition) is 4. The van der Waals surface area contributed by atoms with Crippen molar-refractivity contribution in [3.63, 3.8) is 0 Å². The van der Waals surface area contributed by atoms with Gasteiger partial charge in [0.15, 0.2) is 0 Å². The number of amides is 1. The lowest BCUT2D eigenvalue weighted by Crippen LogP contribution is -2.26. The first-order valence-electron chi connectivity index (χ1n) is 8.50. The molecule has 0 saturated heterocycles. The number of imidazole rings is 1. The molecule has 3 aromatic heterocycles. The van der Waals surface area contributed by atoms with Gasteiger partial charge in [0, 0.05) is 42.5 Å². The van der Waals surface area contributed by atoms with Crippen LogP contribution in [-0.4, -0.2) is 33.1 Å². The SMILES string of the molecule is CN(C(=O)c1ccc(C(=O)c2cnc3ccc(F)cn23)cc1)c1ccncc1. The van der Waals surface area contributed by atoms with E-state index in [1.807, 2.05) is 0 Å². The number of hydrogen-bond donors (Lipinski definition) is 0. The van der Waals surface area contributed by atoms with Gasteiger partial charge in [-0.05, 0) is 36.4 Å². The van der Waals surface area contributed by atoms with Gasteiger partial charge in [0.05, 0.1) is 6.20 Å². The fourth-order valence-corrected chi connectivity index (χ4v) is 2.91. The number of anilines is 1. The van der Waals surface area contributed by atoms with Crippen LogP contribution in [0.2, 0.25) is 0 Å². The van der Waals surface area contributed by atoms with E-state index in [1.165, 1.54) is 33.8 Å². The molecule has 0 radical (unpaired) electrons. The summed E-state index contributed by atoms with van der Waals surface area (Å²) in [5.41, 5.74) is 2.28. The van der Waals surface area contributed by atoms with Crippen molar-refractivity contribution in [2.75, 3.05) is 11.9 Å². The fraction of sp³-hybridized carbons (Fsp3) is 0.0476. The predicted molar refractivity (Wildman–Crippen MR) is 102 cm³/mol. The maximum atomic E-state index is 13.5. The molecule has 0 bridgehead atoms. The Morgan fingerprint density at radius 3 is 2.36 bits per heavy atom. The quantitative estimate of drug-likeness (QED) is 0.514. The zero-order valence-corrected chi connectivity index (χ0v) is 14.9. The van der Waals surface area contributed by atoms with Crippen LogP contribution >= 0.6 is 0 Å². The Morgan fingerprint density at radius 2 is 1.64 bits per heavy atom. The van der Waals surface area contributed by atoms with Gasteiger partial charge >= 0.3 is 0 Å². The van der Waals surface area contributed by atoms with E-state index in [4.69, 9.17) is 0 Å². The number of ketones is 1. The summed E-state index contributed by atoms with van der Waals surface area (Å²) in [5.74, 6) is -0.971. The number of halogens is 1. The van der Waals surface area contributed by atoms with Crippen LogP contribution in [0.3, 0.4) is 0 Å². The maximum Gasteiger partial charge on any atom is 0.258 e. The van der Waals surface area contributed by atoms with Gasteiger partial charge in [0.25, 0.3) is 5.91 Å². The Bertz CT molecular complexity index is 1170. The standard InChI is InChI=1S/C21H15FN4O2/c1-25(17-8-10-23-11-9-17)21(28)15-4-2-14(3-5-15)20(27)18-12-24-19-7-6-16(22)13-26(18)19/h2-13H,1H3. The Labute approximate surface area is 159 Å². The molecule has 6 nitrogen and oxygen atoms in total. The zero-order chi connectivity index (χ0) is 19.7. The molecule has 0 saturated carbocycles. The summed E-state index contributed by atoms with van der Waals surface area (Å²) in [7, 11) is 1.67. The first-order valence-corrected chi connectivity index (χ1v) is 8.50. The van der Waals surface area contributed by atoms with Crippen LogP contribution in [-0.2, 0) is 0 Å². The first-order chi connectivity index (χ1) is 13.5. The highest BCUT2D eigenvalue weighted by atomic mass is 19.1.